The molecule has 0 bridgehead atoms. The molecule has 0 aliphatic carbocycles. The topological polar surface area (TPSA) is 23.8 Å². The van der Waals surface area contributed by atoms with E-state index < -0.39 is 0 Å². The van der Waals surface area contributed by atoms with Gasteiger partial charge in [-0.05, 0) is 25.0 Å². The summed E-state index contributed by atoms with van der Waals surface area (Å²) in [6.07, 6.45) is 3.95. The highest BCUT2D eigenvalue weighted by Gasteiger charge is 1.98. The summed E-state index contributed by atoms with van der Waals surface area (Å²) in [5, 5.41) is 8.39. The Balaban J connectivity index is 2.47. The van der Waals surface area contributed by atoms with Crippen molar-refractivity contribution in [2.45, 2.75) is 32.6 Å². The van der Waals surface area contributed by atoms with Crippen molar-refractivity contribution in [3.63, 3.8) is 0 Å². The summed E-state index contributed by atoms with van der Waals surface area (Å²) < 4.78 is 0. The van der Waals surface area contributed by atoms with E-state index in [1.54, 1.807) is 0 Å². The lowest BCUT2D eigenvalue weighted by Gasteiger charge is -1.89. The number of hydrogen-bond donors (Lipinski definition) is 0. The average Bonchev–Trinajstić information content (AvgIpc) is 2.50. The molecule has 0 aliphatic rings. The van der Waals surface area contributed by atoms with Crippen LogP contribution in [-0.2, 0) is 12.8 Å². The molecule has 1 nitrogen and oxygen atoms in total. The van der Waals surface area contributed by atoms with Crippen LogP contribution in [0.25, 0.3) is 0 Å². The largest absolute Gasteiger partial charge is 0.198 e. The summed E-state index contributed by atoms with van der Waals surface area (Å²) in [6.45, 7) is 2.19. The molecule has 0 aromatic carbocycles. The van der Waals surface area contributed by atoms with Crippen LogP contribution in [0.15, 0.2) is 12.1 Å². The minimum absolute atomic E-state index is 0.645. The van der Waals surface area contributed by atoms with Crippen molar-refractivity contribution in [2.24, 2.45) is 0 Å². The number of thiophene rings is 1. The molecule has 12 heavy (non-hydrogen) atoms. The van der Waals surface area contributed by atoms with Crippen molar-refractivity contribution in [3.8, 4) is 6.07 Å². The van der Waals surface area contributed by atoms with Crippen LogP contribution in [-0.4, -0.2) is 0 Å². The minimum atomic E-state index is 0.645. The van der Waals surface area contributed by atoms with Gasteiger partial charge in [0.25, 0.3) is 0 Å². The molecule has 1 aromatic heterocycles. The zero-order valence-electron chi connectivity index (χ0n) is 7.34. The minimum Gasteiger partial charge on any atom is -0.198 e. The Hall–Kier alpha value is -0.810. The van der Waals surface area contributed by atoms with Gasteiger partial charge in [-0.25, -0.2) is 0 Å². The number of hydrogen-bond acceptors (Lipinski definition) is 2. The second-order valence-electron chi connectivity index (χ2n) is 2.78. The first kappa shape index (κ1) is 9.28. The van der Waals surface area contributed by atoms with Crippen LogP contribution in [0.5, 0.6) is 0 Å². The lowest BCUT2D eigenvalue weighted by Crippen LogP contribution is -1.75. The van der Waals surface area contributed by atoms with Gasteiger partial charge in [-0.3, -0.25) is 0 Å². The Morgan fingerprint density at radius 2 is 2.00 bits per heavy atom. The predicted octanol–water partition coefficient (Wildman–Crippen LogP) is 3.16. The second-order valence-corrected chi connectivity index (χ2v) is 4.03. The van der Waals surface area contributed by atoms with Crippen molar-refractivity contribution in [2.75, 3.05) is 0 Å². The van der Waals surface area contributed by atoms with Gasteiger partial charge in [0.05, 0.1) is 6.07 Å². The SMILES string of the molecule is CCCc1ccc(CCC#N)s1. The number of rotatable bonds is 4. The third-order valence-electron chi connectivity index (χ3n) is 1.70. The summed E-state index contributed by atoms with van der Waals surface area (Å²) in [4.78, 5) is 2.80. The van der Waals surface area contributed by atoms with Crippen LogP contribution < -0.4 is 0 Å². The van der Waals surface area contributed by atoms with Gasteiger partial charge in [-0.15, -0.1) is 11.3 Å². The van der Waals surface area contributed by atoms with Crippen LogP contribution in [0.1, 0.15) is 29.5 Å². The molecule has 1 heterocycles. The van der Waals surface area contributed by atoms with Crippen LogP contribution in [0.2, 0.25) is 0 Å². The van der Waals surface area contributed by atoms with Crippen molar-refractivity contribution >= 4 is 11.3 Å². The van der Waals surface area contributed by atoms with E-state index in [0.717, 1.165) is 6.42 Å². The van der Waals surface area contributed by atoms with Gasteiger partial charge in [-0.1, -0.05) is 13.3 Å². The zero-order chi connectivity index (χ0) is 8.81. The summed E-state index contributed by atoms with van der Waals surface area (Å²) >= 11 is 1.85. The molecule has 0 saturated carbocycles. The molecular weight excluding hydrogens is 166 g/mol. The summed E-state index contributed by atoms with van der Waals surface area (Å²) in [5.41, 5.74) is 0. The van der Waals surface area contributed by atoms with Gasteiger partial charge in [0.2, 0.25) is 0 Å². The van der Waals surface area contributed by atoms with Crippen LogP contribution in [0.3, 0.4) is 0 Å². The molecule has 1 aromatic rings. The predicted molar refractivity (Wildman–Crippen MR) is 52.2 cm³/mol. The third-order valence-corrected chi connectivity index (χ3v) is 2.90. The van der Waals surface area contributed by atoms with Gasteiger partial charge in [0.15, 0.2) is 0 Å². The van der Waals surface area contributed by atoms with E-state index in [1.165, 1.54) is 22.6 Å². The summed E-state index contributed by atoms with van der Waals surface area (Å²) in [7, 11) is 0. The first-order chi connectivity index (χ1) is 5.86. The molecule has 0 spiro atoms. The maximum absolute atomic E-state index is 8.39. The van der Waals surface area contributed by atoms with Gasteiger partial charge in [0.1, 0.15) is 0 Å². The van der Waals surface area contributed by atoms with Crippen LogP contribution in [0.4, 0.5) is 0 Å². The molecule has 0 fully saturated rings. The fourth-order valence-electron chi connectivity index (χ4n) is 1.12. The first-order valence-electron chi connectivity index (χ1n) is 4.31. The third kappa shape index (κ3) is 2.67. The Bertz CT molecular complexity index is 270. The van der Waals surface area contributed by atoms with E-state index in [1.807, 2.05) is 11.3 Å². The molecule has 0 atom stereocenters. The Labute approximate surface area is 77.7 Å². The van der Waals surface area contributed by atoms with Crippen LogP contribution in [0, 0.1) is 11.3 Å². The molecule has 0 radical (unpaired) electrons. The van der Waals surface area contributed by atoms with Gasteiger partial charge in [-0.2, -0.15) is 5.26 Å². The smallest absolute Gasteiger partial charge is 0.0625 e. The Kier molecular flexibility index (Phi) is 3.83. The Morgan fingerprint density at radius 1 is 1.33 bits per heavy atom. The van der Waals surface area contributed by atoms with Gasteiger partial charge in [0, 0.05) is 16.2 Å². The fraction of sp³-hybridized carbons (Fsp3) is 0.500. The normalized spacial score (nSPS) is 9.67. The summed E-state index contributed by atoms with van der Waals surface area (Å²) in [5.74, 6) is 0. The number of nitriles is 1. The fourth-order valence-corrected chi connectivity index (χ4v) is 2.24. The highest BCUT2D eigenvalue weighted by atomic mass is 32.1. The van der Waals surface area contributed by atoms with Gasteiger partial charge < -0.3 is 0 Å². The highest BCUT2D eigenvalue weighted by molar-refractivity contribution is 7.11. The zero-order valence-corrected chi connectivity index (χ0v) is 8.16. The highest BCUT2D eigenvalue weighted by Crippen LogP contribution is 2.18. The van der Waals surface area contributed by atoms with E-state index in [2.05, 4.69) is 25.1 Å². The standard InChI is InChI=1S/C10H13NS/c1-2-4-9-6-7-10(12-9)5-3-8-11/h6-7H,2-5H2,1H3. The molecule has 0 unspecified atom stereocenters. The molecule has 2 heteroatoms. The maximum Gasteiger partial charge on any atom is 0.0625 e. The molecule has 0 amide bonds. The molecule has 64 valence electrons. The molecule has 1 rings (SSSR count). The van der Waals surface area contributed by atoms with Crippen molar-refractivity contribution in [1.29, 1.82) is 5.26 Å². The van der Waals surface area contributed by atoms with Crippen LogP contribution >= 0.6 is 11.3 Å². The number of aryl methyl sites for hydroxylation is 2. The lowest BCUT2D eigenvalue weighted by atomic mass is 10.2. The first-order valence-corrected chi connectivity index (χ1v) is 5.13. The molecule has 0 N–H and O–H groups in total. The Morgan fingerprint density at radius 3 is 2.58 bits per heavy atom. The molecular formula is C10H13NS. The van der Waals surface area contributed by atoms with E-state index in [-0.39, 0.29) is 0 Å². The van der Waals surface area contributed by atoms with Crippen molar-refractivity contribution < 1.29 is 0 Å². The molecule has 0 aliphatic heterocycles. The van der Waals surface area contributed by atoms with E-state index in [0.29, 0.717) is 6.42 Å². The monoisotopic (exact) mass is 179 g/mol. The average molecular weight is 179 g/mol. The quantitative estimate of drug-likeness (QED) is 0.696. The lowest BCUT2D eigenvalue weighted by molar-refractivity contribution is 0.940. The van der Waals surface area contributed by atoms with E-state index in [9.17, 15) is 0 Å². The van der Waals surface area contributed by atoms with Gasteiger partial charge >= 0.3 is 0 Å². The number of nitrogens with zero attached hydrogens (tertiary/aromatic N) is 1. The maximum atomic E-state index is 8.39. The second kappa shape index (κ2) is 4.95. The van der Waals surface area contributed by atoms with Crippen molar-refractivity contribution in [3.05, 3.63) is 21.9 Å². The van der Waals surface area contributed by atoms with E-state index in [4.69, 9.17) is 5.26 Å². The van der Waals surface area contributed by atoms with Crippen molar-refractivity contribution in [1.82, 2.24) is 0 Å². The van der Waals surface area contributed by atoms with E-state index >= 15 is 0 Å². The summed E-state index contributed by atoms with van der Waals surface area (Å²) in [6, 6.07) is 6.49. The molecule has 0 saturated heterocycles.